The van der Waals surface area contributed by atoms with Crippen LogP contribution >= 0.6 is 0 Å². The van der Waals surface area contributed by atoms with Crippen LogP contribution in [0.15, 0.2) is 0 Å². The molecule has 0 bridgehead atoms. The third-order valence-corrected chi connectivity index (χ3v) is 2.03. The zero-order valence-electron chi connectivity index (χ0n) is 8.14. The van der Waals surface area contributed by atoms with Crippen LogP contribution in [0.1, 0.15) is 0 Å². The first-order valence-electron chi connectivity index (χ1n) is 3.22. The monoisotopic (exact) mass is 336 g/mol. The maximum Gasteiger partial charge on any atom is 0.483 e. The van der Waals surface area contributed by atoms with Crippen molar-refractivity contribution in [2.75, 3.05) is 0 Å². The van der Waals surface area contributed by atoms with Crippen LogP contribution in [0.5, 0.6) is 0 Å². The Kier molecular flexibility index (Phi) is 7.26. The normalized spacial score (nSPS) is 16.1. The second-order valence-electron chi connectivity index (χ2n) is 2.46. The Morgan fingerprint density at radius 1 is 1.00 bits per heavy atom. The minimum absolute atomic E-state index is 0. The summed E-state index contributed by atoms with van der Waals surface area (Å²) in [5.74, 6) is 0. The van der Waals surface area contributed by atoms with Gasteiger partial charge in [-0.15, -0.1) is 0 Å². The zero-order chi connectivity index (χ0) is 14.3. The molecule has 14 heteroatoms. The Morgan fingerprint density at radius 3 is 1.56 bits per heavy atom. The molecule has 0 rings (SSSR count). The van der Waals surface area contributed by atoms with Crippen molar-refractivity contribution in [3.05, 3.63) is 0 Å². The molecule has 0 heterocycles. The van der Waals surface area contributed by atoms with Crippen molar-refractivity contribution in [3.63, 3.8) is 0 Å². The summed E-state index contributed by atoms with van der Waals surface area (Å²) in [6.45, 7) is 0. The van der Waals surface area contributed by atoms with Crippen molar-refractivity contribution < 1.29 is 52.8 Å². The molecule has 18 heavy (non-hydrogen) atoms. The van der Waals surface area contributed by atoms with E-state index in [4.69, 9.17) is 0 Å². The molecule has 4 nitrogen and oxygen atoms in total. The maximum absolute atomic E-state index is 12.2. The molecule has 105 valence electrons. The van der Waals surface area contributed by atoms with Crippen molar-refractivity contribution >= 4 is 61.5 Å². The first-order valence-corrected chi connectivity index (χ1v) is 4.63. The second kappa shape index (κ2) is 6.15. The van der Waals surface area contributed by atoms with Crippen LogP contribution in [0, 0.1) is 0 Å². The van der Waals surface area contributed by atoms with Crippen LogP contribution in [-0.4, -0.2) is 88.3 Å². The average molecular weight is 336 g/mol. The average Bonchev–Trinajstić information content (AvgIpc) is 1.98. The van der Waals surface area contributed by atoms with E-state index in [1.165, 1.54) is 0 Å². The van der Waals surface area contributed by atoms with Crippen LogP contribution in [-0.2, 0) is 14.9 Å². The predicted molar refractivity (Wildman–Crippen MR) is 37.4 cm³/mol. The van der Waals surface area contributed by atoms with Crippen molar-refractivity contribution in [1.82, 2.24) is 0 Å². The Labute approximate surface area is 137 Å². The summed E-state index contributed by atoms with van der Waals surface area (Å²) in [6, 6.07) is 0. The molecular weight excluding hydrogens is 335 g/mol. The van der Waals surface area contributed by atoms with Gasteiger partial charge in [-0.3, -0.25) is 4.74 Å². The quantitative estimate of drug-likeness (QED) is 0.440. The van der Waals surface area contributed by atoms with Gasteiger partial charge in [0.25, 0.3) is 6.36 Å². The van der Waals surface area contributed by atoms with Gasteiger partial charge in [-0.2, -0.15) is 30.7 Å². The van der Waals surface area contributed by atoms with Gasteiger partial charge in [0.15, 0.2) is 10.1 Å². The van der Waals surface area contributed by atoms with E-state index in [9.17, 15) is 48.1 Å². The fourth-order valence-corrected chi connectivity index (χ4v) is 0.654. The molecule has 0 aromatic carbocycles. The molecule has 0 amide bonds. The van der Waals surface area contributed by atoms with Crippen LogP contribution in [0.2, 0.25) is 0 Å². The van der Waals surface area contributed by atoms with Gasteiger partial charge < -0.3 is 4.55 Å². The van der Waals surface area contributed by atoms with Gasteiger partial charge in [0.2, 0.25) is 0 Å². The molecule has 0 fully saturated rings. The number of alkyl halides is 8. The smallest absolute Gasteiger partial charge is 0.483 e. The Bertz CT molecular complexity index is 377. The summed E-state index contributed by atoms with van der Waals surface area (Å²) in [5.41, 5.74) is 0. The zero-order valence-corrected chi connectivity index (χ0v) is 12.1. The van der Waals surface area contributed by atoms with Gasteiger partial charge in [0.05, 0.1) is 0 Å². The summed E-state index contributed by atoms with van der Waals surface area (Å²) in [4.78, 5) is 0. The number of ether oxygens (including phenoxy) is 1. The standard InChI is InChI=1S/C4H2F8O4S.K/c5-1(2(6,7)17(13,14)15)16-4(11,12)3(8,9)10;/h1H,(H,13,14,15);/p-1. The third kappa shape index (κ3) is 4.81. The van der Waals surface area contributed by atoms with Crippen LogP contribution in [0.4, 0.5) is 35.1 Å². The topological polar surface area (TPSA) is 66.4 Å². The van der Waals surface area contributed by atoms with E-state index in [0.717, 1.165) is 0 Å². The first kappa shape index (κ1) is 21.2. The fraction of sp³-hybridized carbons (Fsp3) is 1.00. The van der Waals surface area contributed by atoms with Crippen molar-refractivity contribution in [1.29, 1.82) is 0 Å². The molecule has 0 aromatic heterocycles. The van der Waals surface area contributed by atoms with E-state index in [1.54, 1.807) is 0 Å². The molecule has 1 radical (unpaired) electrons. The number of hydrogen-bond acceptors (Lipinski definition) is 4. The van der Waals surface area contributed by atoms with Gasteiger partial charge >= 0.3 is 17.5 Å². The molecule has 0 spiro atoms. The number of rotatable bonds is 4. The van der Waals surface area contributed by atoms with E-state index < -0.39 is 34.0 Å². The number of halogens is 8. The summed E-state index contributed by atoms with van der Waals surface area (Å²) in [6.07, 6.45) is -17.9. The van der Waals surface area contributed by atoms with Gasteiger partial charge in [0, 0.05) is 51.4 Å². The van der Waals surface area contributed by atoms with E-state index in [2.05, 4.69) is 0 Å². The molecule has 1 atom stereocenters. The minimum atomic E-state index is -6.80. The number of hydrogen-bond donors (Lipinski definition) is 0. The molecule has 0 aliphatic heterocycles. The van der Waals surface area contributed by atoms with E-state index in [-0.39, 0.29) is 51.4 Å². The summed E-state index contributed by atoms with van der Waals surface area (Å²) in [5, 5.41) is -6.08. The van der Waals surface area contributed by atoms with Gasteiger partial charge in [-0.1, -0.05) is 0 Å². The Morgan fingerprint density at radius 2 is 1.33 bits per heavy atom. The fourth-order valence-electron chi connectivity index (χ4n) is 0.379. The predicted octanol–water partition coefficient (Wildman–Crippen LogP) is 1.21. The van der Waals surface area contributed by atoms with Crippen LogP contribution < -0.4 is 0 Å². The SMILES string of the molecule is O=S(=O)([O-])C(F)(F)C(F)OC(F)(F)C(F)(F)F.[K]. The van der Waals surface area contributed by atoms with Crippen molar-refractivity contribution in [3.8, 4) is 0 Å². The van der Waals surface area contributed by atoms with E-state index >= 15 is 0 Å². The van der Waals surface area contributed by atoms with Crippen molar-refractivity contribution in [2.45, 2.75) is 23.9 Å². The largest absolute Gasteiger partial charge is 0.743 e. The van der Waals surface area contributed by atoms with Crippen LogP contribution in [0.3, 0.4) is 0 Å². The molecule has 0 aliphatic carbocycles. The van der Waals surface area contributed by atoms with E-state index in [0.29, 0.717) is 0 Å². The summed E-state index contributed by atoms with van der Waals surface area (Å²) < 4.78 is 125. The second-order valence-corrected chi connectivity index (χ2v) is 3.92. The molecule has 0 saturated carbocycles. The molecule has 0 N–H and O–H groups in total. The van der Waals surface area contributed by atoms with Gasteiger partial charge in [-0.25, -0.2) is 12.8 Å². The van der Waals surface area contributed by atoms with Crippen molar-refractivity contribution in [2.24, 2.45) is 0 Å². The third-order valence-electron chi connectivity index (χ3n) is 1.18. The molecular formula is C4HF8KO4S-. The van der Waals surface area contributed by atoms with Gasteiger partial charge in [-0.05, 0) is 0 Å². The minimum Gasteiger partial charge on any atom is -0.743 e. The molecule has 0 saturated heterocycles. The summed E-state index contributed by atoms with van der Waals surface area (Å²) >= 11 is 0. The molecule has 0 aromatic rings. The van der Waals surface area contributed by atoms with Gasteiger partial charge in [0.1, 0.15) is 0 Å². The van der Waals surface area contributed by atoms with E-state index in [1.807, 2.05) is 4.74 Å². The maximum atomic E-state index is 12.2. The Hall–Kier alpha value is 0.946. The Balaban J connectivity index is 0. The molecule has 0 aliphatic rings. The summed E-state index contributed by atoms with van der Waals surface area (Å²) in [7, 11) is -6.80. The molecule has 1 unspecified atom stereocenters. The van der Waals surface area contributed by atoms with Crippen LogP contribution in [0.25, 0.3) is 0 Å². The first-order chi connectivity index (χ1) is 7.13.